The third-order valence-electron chi connectivity index (χ3n) is 4.89. The number of hydrogen-bond acceptors (Lipinski definition) is 4. The van der Waals surface area contributed by atoms with E-state index in [0.717, 1.165) is 4.90 Å². The Labute approximate surface area is 127 Å². The Morgan fingerprint density at radius 2 is 1.55 bits per heavy atom. The molecule has 0 bridgehead atoms. The predicted molar refractivity (Wildman–Crippen MR) is 75.6 cm³/mol. The highest BCUT2D eigenvalue weighted by molar-refractivity contribution is 6.11. The van der Waals surface area contributed by atoms with Crippen LogP contribution in [-0.2, 0) is 9.59 Å². The van der Waals surface area contributed by atoms with Crippen molar-refractivity contribution in [2.24, 2.45) is 5.92 Å². The SMILES string of the molecule is CN1C(=O)/C(=C\[C@@H]2C(=O)C[C@@H]3[C@H]2N(C)C(=O)N3C)N(C)C1=O. The lowest BCUT2D eigenvalue weighted by molar-refractivity contribution is -0.122. The predicted octanol–water partition coefficient (Wildman–Crippen LogP) is -0.282. The standard InChI is InChI=1S/C14H18N4O4/c1-15-8-6-10(19)7(11(8)17(3)13(15)21)5-9-12(20)18(4)14(22)16(9)2/h5,7-8,11H,6H2,1-4H3/b9-5+/t7-,8-,11+/m1/s1. The highest BCUT2D eigenvalue weighted by Gasteiger charge is 2.53. The van der Waals surface area contributed by atoms with Gasteiger partial charge in [0.1, 0.15) is 11.5 Å². The highest BCUT2D eigenvalue weighted by Crippen LogP contribution is 2.37. The quantitative estimate of drug-likeness (QED) is 0.493. The normalized spacial score (nSPS) is 33.8. The summed E-state index contributed by atoms with van der Waals surface area (Å²) in [4.78, 5) is 53.6. The molecule has 3 rings (SSSR count). The molecule has 0 aromatic carbocycles. The molecule has 3 aliphatic rings. The van der Waals surface area contributed by atoms with E-state index in [0.29, 0.717) is 0 Å². The first-order chi connectivity index (χ1) is 10.3. The van der Waals surface area contributed by atoms with E-state index in [9.17, 15) is 19.2 Å². The number of urea groups is 2. The first-order valence-corrected chi connectivity index (χ1v) is 7.05. The van der Waals surface area contributed by atoms with Crippen molar-refractivity contribution in [1.82, 2.24) is 19.6 Å². The molecule has 8 heteroatoms. The number of amides is 5. The lowest BCUT2D eigenvalue weighted by Gasteiger charge is -2.21. The zero-order valence-corrected chi connectivity index (χ0v) is 12.9. The molecule has 0 spiro atoms. The maximum Gasteiger partial charge on any atom is 0.331 e. The molecule has 2 heterocycles. The molecule has 1 aliphatic carbocycles. The van der Waals surface area contributed by atoms with Gasteiger partial charge in [-0.3, -0.25) is 19.4 Å². The lowest BCUT2D eigenvalue weighted by atomic mass is 9.99. The van der Waals surface area contributed by atoms with Crippen LogP contribution < -0.4 is 0 Å². The molecule has 3 fully saturated rings. The molecule has 2 aliphatic heterocycles. The van der Waals surface area contributed by atoms with Crippen LogP contribution in [0.25, 0.3) is 0 Å². The van der Waals surface area contributed by atoms with Crippen molar-refractivity contribution in [1.29, 1.82) is 0 Å². The summed E-state index contributed by atoms with van der Waals surface area (Å²) in [5.74, 6) is -1.01. The topological polar surface area (TPSA) is 81.2 Å². The van der Waals surface area contributed by atoms with Gasteiger partial charge in [-0.05, 0) is 6.08 Å². The average Bonchev–Trinajstić information content (AvgIpc) is 2.98. The second-order valence-corrected chi connectivity index (χ2v) is 6.02. The fourth-order valence-corrected chi connectivity index (χ4v) is 3.55. The monoisotopic (exact) mass is 306 g/mol. The van der Waals surface area contributed by atoms with Crippen molar-refractivity contribution in [3.8, 4) is 0 Å². The van der Waals surface area contributed by atoms with E-state index in [-0.39, 0.29) is 36.0 Å². The zero-order chi connectivity index (χ0) is 16.3. The first kappa shape index (κ1) is 14.6. The van der Waals surface area contributed by atoms with Crippen LogP contribution in [0.5, 0.6) is 0 Å². The van der Waals surface area contributed by atoms with Crippen molar-refractivity contribution in [2.75, 3.05) is 28.2 Å². The van der Waals surface area contributed by atoms with Crippen LogP contribution in [0.1, 0.15) is 6.42 Å². The van der Waals surface area contributed by atoms with Gasteiger partial charge in [0.25, 0.3) is 5.91 Å². The van der Waals surface area contributed by atoms with Crippen LogP contribution in [0.4, 0.5) is 9.59 Å². The number of Topliss-reactive ketones (excluding diaryl/α,β-unsaturated/α-hetero) is 1. The van der Waals surface area contributed by atoms with E-state index < -0.39 is 17.9 Å². The van der Waals surface area contributed by atoms with Crippen molar-refractivity contribution >= 4 is 23.8 Å². The molecule has 0 aromatic heterocycles. The van der Waals surface area contributed by atoms with Crippen LogP contribution in [-0.4, -0.2) is 83.6 Å². The van der Waals surface area contributed by atoms with Gasteiger partial charge in [-0.2, -0.15) is 0 Å². The molecule has 8 nitrogen and oxygen atoms in total. The molecule has 118 valence electrons. The average molecular weight is 306 g/mol. The number of imide groups is 1. The number of ketones is 1. The van der Waals surface area contributed by atoms with Crippen LogP contribution in [0.15, 0.2) is 11.8 Å². The third kappa shape index (κ3) is 1.69. The van der Waals surface area contributed by atoms with Gasteiger partial charge < -0.3 is 9.80 Å². The number of carbonyl (C=O) groups is 4. The number of fused-ring (bicyclic) bond motifs is 1. The molecule has 0 aromatic rings. The van der Waals surface area contributed by atoms with Crippen LogP contribution in [0.2, 0.25) is 0 Å². The molecule has 2 saturated heterocycles. The van der Waals surface area contributed by atoms with Crippen molar-refractivity contribution < 1.29 is 19.2 Å². The highest BCUT2D eigenvalue weighted by atomic mass is 16.2. The molecule has 0 radical (unpaired) electrons. The number of rotatable bonds is 1. The minimum atomic E-state index is -0.565. The summed E-state index contributed by atoms with van der Waals surface area (Å²) in [7, 11) is 6.24. The molecule has 1 saturated carbocycles. The van der Waals surface area contributed by atoms with Gasteiger partial charge in [0.15, 0.2) is 0 Å². The van der Waals surface area contributed by atoms with Gasteiger partial charge in [-0.1, -0.05) is 0 Å². The fraction of sp³-hybridized carbons (Fsp3) is 0.571. The smallest absolute Gasteiger partial charge is 0.322 e. The second kappa shape index (κ2) is 4.56. The summed E-state index contributed by atoms with van der Waals surface area (Å²) in [6.45, 7) is 0. The number of hydrogen-bond donors (Lipinski definition) is 0. The van der Waals surface area contributed by atoms with Gasteiger partial charge in [0, 0.05) is 34.6 Å². The zero-order valence-electron chi connectivity index (χ0n) is 12.9. The summed E-state index contributed by atoms with van der Waals surface area (Å²) in [5, 5.41) is 0. The van der Waals surface area contributed by atoms with E-state index in [1.807, 2.05) is 0 Å². The molecular formula is C14H18N4O4. The largest absolute Gasteiger partial charge is 0.331 e. The Morgan fingerprint density at radius 1 is 0.909 bits per heavy atom. The third-order valence-corrected chi connectivity index (χ3v) is 4.89. The lowest BCUT2D eigenvalue weighted by Crippen LogP contribution is -2.36. The van der Waals surface area contributed by atoms with E-state index in [2.05, 4.69) is 0 Å². The Morgan fingerprint density at radius 3 is 2.09 bits per heavy atom. The maximum absolute atomic E-state index is 12.3. The van der Waals surface area contributed by atoms with E-state index in [1.165, 1.54) is 19.0 Å². The Bertz CT molecular complexity index is 628. The van der Waals surface area contributed by atoms with Crippen LogP contribution >= 0.6 is 0 Å². The second-order valence-electron chi connectivity index (χ2n) is 6.02. The maximum atomic E-state index is 12.3. The fourth-order valence-electron chi connectivity index (χ4n) is 3.55. The van der Waals surface area contributed by atoms with Crippen molar-refractivity contribution in [3.63, 3.8) is 0 Å². The first-order valence-electron chi connectivity index (χ1n) is 7.05. The molecular weight excluding hydrogens is 288 g/mol. The van der Waals surface area contributed by atoms with Gasteiger partial charge in [-0.15, -0.1) is 0 Å². The van der Waals surface area contributed by atoms with Crippen LogP contribution in [0, 0.1) is 5.92 Å². The Balaban J connectivity index is 1.97. The Kier molecular flexibility index (Phi) is 3.01. The Hall–Kier alpha value is -2.38. The molecule has 3 atom stereocenters. The number of carbonyl (C=O) groups excluding carboxylic acids is 4. The minimum absolute atomic E-state index is 0.0168. The summed E-state index contributed by atoms with van der Waals surface area (Å²) < 4.78 is 0. The van der Waals surface area contributed by atoms with Gasteiger partial charge in [0.2, 0.25) is 0 Å². The minimum Gasteiger partial charge on any atom is -0.322 e. The van der Waals surface area contributed by atoms with Crippen molar-refractivity contribution in [2.45, 2.75) is 18.5 Å². The molecule has 0 unspecified atom stereocenters. The number of nitrogens with zero attached hydrogens (tertiary/aromatic N) is 4. The number of likely N-dealkylation sites (N-methyl/N-ethyl adjacent to an activating group) is 4. The summed E-state index contributed by atoms with van der Waals surface area (Å²) in [6, 6.07) is -1.03. The van der Waals surface area contributed by atoms with Crippen LogP contribution in [0.3, 0.4) is 0 Å². The summed E-state index contributed by atoms with van der Waals surface area (Å²) in [5.41, 5.74) is 0.196. The molecule has 5 amide bonds. The van der Waals surface area contributed by atoms with Crippen molar-refractivity contribution in [3.05, 3.63) is 11.8 Å². The van der Waals surface area contributed by atoms with E-state index >= 15 is 0 Å². The van der Waals surface area contributed by atoms with E-state index in [1.54, 1.807) is 30.0 Å². The molecule has 22 heavy (non-hydrogen) atoms. The molecule has 0 N–H and O–H groups in total. The van der Waals surface area contributed by atoms with E-state index in [4.69, 9.17) is 0 Å². The summed E-state index contributed by atoms with van der Waals surface area (Å²) in [6.07, 6.45) is 1.81. The van der Waals surface area contributed by atoms with Gasteiger partial charge in [-0.25, -0.2) is 9.59 Å². The summed E-state index contributed by atoms with van der Waals surface area (Å²) >= 11 is 0. The van der Waals surface area contributed by atoms with Gasteiger partial charge >= 0.3 is 12.1 Å². The van der Waals surface area contributed by atoms with Gasteiger partial charge in [0.05, 0.1) is 18.0 Å².